The highest BCUT2D eigenvalue weighted by molar-refractivity contribution is 7.95. The number of hydrogen-bond donors (Lipinski definition) is 0. The van der Waals surface area contributed by atoms with Crippen LogP contribution < -0.4 is 24.0 Å². The molecule has 0 saturated carbocycles. The first-order valence-electron chi connectivity index (χ1n) is 3.87. The normalized spacial score (nSPS) is 9.58. The Kier molecular flexibility index (Phi) is 6.95. The molecule has 0 unspecified atom stereocenters. The molecule has 0 radical (unpaired) electrons. The molecule has 0 saturated heterocycles. The fourth-order valence-electron chi connectivity index (χ4n) is 0.967. The molecule has 0 heterocycles. The number of halogens is 1. The van der Waals surface area contributed by atoms with E-state index < -0.39 is 0 Å². The van der Waals surface area contributed by atoms with Gasteiger partial charge in [-0.15, -0.1) is 0 Å². The summed E-state index contributed by atoms with van der Waals surface area (Å²) in [6, 6.07) is 10.7. The Hall–Kier alpha value is 0.300. The van der Waals surface area contributed by atoms with Crippen LogP contribution in [0.1, 0.15) is 5.56 Å². The Bertz CT molecular complexity index is 196. The van der Waals surface area contributed by atoms with Gasteiger partial charge in [-0.2, -0.15) is 0 Å². The second-order valence-corrected chi connectivity index (χ2v) is 5.30. The van der Waals surface area contributed by atoms with Gasteiger partial charge in [-0.25, -0.2) is 0 Å². The van der Waals surface area contributed by atoms with Gasteiger partial charge in [0.15, 0.2) is 0 Å². The minimum atomic E-state index is 0. The molecule has 0 nitrogen and oxygen atoms in total. The van der Waals surface area contributed by atoms with Gasteiger partial charge in [0.1, 0.15) is 5.75 Å². The average Bonchev–Trinajstić information content (AvgIpc) is 2.03. The van der Waals surface area contributed by atoms with Crippen LogP contribution in [0.25, 0.3) is 0 Å². The molecule has 12 heavy (non-hydrogen) atoms. The minimum Gasteiger partial charge on any atom is -1.00 e. The van der Waals surface area contributed by atoms with Crippen molar-refractivity contribution < 1.29 is 24.0 Å². The minimum absolute atomic E-state index is 0. The molecule has 0 atom stereocenters. The van der Waals surface area contributed by atoms with E-state index in [4.69, 9.17) is 0 Å². The Balaban J connectivity index is 0.00000121. The van der Waals surface area contributed by atoms with Crippen molar-refractivity contribution in [3.05, 3.63) is 35.9 Å². The molecule has 0 N–H and O–H groups in total. The molecule has 1 aromatic carbocycles. The SMILES string of the molecule is C[S+](C)CCc1ccccc1.[I-]. The highest BCUT2D eigenvalue weighted by Crippen LogP contribution is 2.00. The van der Waals surface area contributed by atoms with Crippen LogP contribution in [0.2, 0.25) is 0 Å². The molecule has 0 spiro atoms. The highest BCUT2D eigenvalue weighted by atomic mass is 127. The molecule has 0 aliphatic carbocycles. The Morgan fingerprint density at radius 1 is 1.08 bits per heavy atom. The first kappa shape index (κ1) is 12.3. The standard InChI is InChI=1S/C10H15S.HI/c1-11(2)9-8-10-6-4-3-5-7-10;/h3-7H,8-9H2,1-2H3;1H/q+1;/p-1. The maximum Gasteiger partial charge on any atom is 0.111 e. The summed E-state index contributed by atoms with van der Waals surface area (Å²) in [5.41, 5.74) is 1.47. The third-order valence-electron chi connectivity index (χ3n) is 1.64. The van der Waals surface area contributed by atoms with Crippen molar-refractivity contribution in [3.63, 3.8) is 0 Å². The predicted molar refractivity (Wildman–Crippen MR) is 54.2 cm³/mol. The van der Waals surface area contributed by atoms with Crippen molar-refractivity contribution in [1.82, 2.24) is 0 Å². The van der Waals surface area contributed by atoms with Crippen molar-refractivity contribution in [2.45, 2.75) is 6.42 Å². The Morgan fingerprint density at radius 2 is 1.67 bits per heavy atom. The lowest BCUT2D eigenvalue weighted by Gasteiger charge is -1.97. The fourth-order valence-corrected chi connectivity index (χ4v) is 1.61. The summed E-state index contributed by atoms with van der Waals surface area (Å²) < 4.78 is 0. The maximum absolute atomic E-state index is 2.29. The van der Waals surface area contributed by atoms with Crippen molar-refractivity contribution in [2.24, 2.45) is 0 Å². The van der Waals surface area contributed by atoms with Gasteiger partial charge in [-0.1, -0.05) is 30.3 Å². The number of rotatable bonds is 3. The molecule has 0 bridgehead atoms. The van der Waals surface area contributed by atoms with E-state index in [2.05, 4.69) is 42.8 Å². The summed E-state index contributed by atoms with van der Waals surface area (Å²) in [6.07, 6.45) is 5.82. The number of aryl methyl sites for hydroxylation is 1. The molecular formula is C10H15IS. The lowest BCUT2D eigenvalue weighted by Crippen LogP contribution is -3.00. The molecule has 0 amide bonds. The van der Waals surface area contributed by atoms with E-state index in [1.807, 2.05) is 0 Å². The smallest absolute Gasteiger partial charge is 0.111 e. The quantitative estimate of drug-likeness (QED) is 0.501. The van der Waals surface area contributed by atoms with Crippen LogP contribution in [0.3, 0.4) is 0 Å². The Labute approximate surface area is 95.1 Å². The zero-order valence-corrected chi connectivity index (χ0v) is 10.6. The fraction of sp³-hybridized carbons (Fsp3) is 0.400. The summed E-state index contributed by atoms with van der Waals surface area (Å²) in [5, 5.41) is 0. The van der Waals surface area contributed by atoms with Gasteiger partial charge < -0.3 is 24.0 Å². The van der Waals surface area contributed by atoms with Crippen LogP contribution in [0, 0.1) is 0 Å². The third-order valence-corrected chi connectivity index (χ3v) is 2.66. The van der Waals surface area contributed by atoms with Gasteiger partial charge in [0.25, 0.3) is 0 Å². The van der Waals surface area contributed by atoms with Gasteiger partial charge >= 0.3 is 0 Å². The average molecular weight is 294 g/mol. The summed E-state index contributed by atoms with van der Waals surface area (Å²) in [4.78, 5) is 0. The second-order valence-electron chi connectivity index (χ2n) is 2.93. The zero-order valence-electron chi connectivity index (χ0n) is 7.59. The molecule has 1 aromatic rings. The van der Waals surface area contributed by atoms with E-state index in [1.54, 1.807) is 0 Å². The van der Waals surface area contributed by atoms with Crippen LogP contribution in [0.15, 0.2) is 30.3 Å². The maximum atomic E-state index is 2.29. The topological polar surface area (TPSA) is 0 Å². The molecule has 2 heteroatoms. The van der Waals surface area contributed by atoms with E-state index in [0.717, 1.165) is 0 Å². The van der Waals surface area contributed by atoms with Gasteiger partial charge in [-0.3, -0.25) is 0 Å². The van der Waals surface area contributed by atoms with Crippen LogP contribution in [-0.2, 0) is 17.3 Å². The van der Waals surface area contributed by atoms with Crippen molar-refractivity contribution in [1.29, 1.82) is 0 Å². The van der Waals surface area contributed by atoms with Gasteiger partial charge in [0, 0.05) is 6.42 Å². The Morgan fingerprint density at radius 3 is 2.17 bits per heavy atom. The molecule has 0 fully saturated rings. The molecule has 0 aromatic heterocycles. The van der Waals surface area contributed by atoms with Crippen LogP contribution in [-0.4, -0.2) is 18.3 Å². The van der Waals surface area contributed by atoms with Crippen LogP contribution in [0.4, 0.5) is 0 Å². The van der Waals surface area contributed by atoms with Gasteiger partial charge in [-0.05, 0) is 16.5 Å². The van der Waals surface area contributed by atoms with Gasteiger partial charge in [0.2, 0.25) is 0 Å². The lowest BCUT2D eigenvalue weighted by atomic mass is 10.2. The zero-order chi connectivity index (χ0) is 8.10. The van der Waals surface area contributed by atoms with E-state index in [-0.39, 0.29) is 24.0 Å². The monoisotopic (exact) mass is 294 g/mol. The van der Waals surface area contributed by atoms with Crippen molar-refractivity contribution >= 4 is 10.9 Å². The predicted octanol–water partition coefficient (Wildman–Crippen LogP) is -0.889. The van der Waals surface area contributed by atoms with Gasteiger partial charge in [0.05, 0.1) is 12.5 Å². The summed E-state index contributed by atoms with van der Waals surface area (Å²) in [5.74, 6) is 1.32. The van der Waals surface area contributed by atoms with Crippen molar-refractivity contribution in [3.8, 4) is 0 Å². The molecule has 0 aliphatic heterocycles. The molecular weight excluding hydrogens is 279 g/mol. The second kappa shape index (κ2) is 6.78. The van der Waals surface area contributed by atoms with Crippen LogP contribution >= 0.6 is 0 Å². The first-order valence-corrected chi connectivity index (χ1v) is 6.08. The largest absolute Gasteiger partial charge is 1.00 e. The molecule has 0 aliphatic rings. The molecule has 1 rings (SSSR count). The van der Waals surface area contributed by atoms with E-state index in [9.17, 15) is 0 Å². The summed E-state index contributed by atoms with van der Waals surface area (Å²) in [6.45, 7) is 0. The van der Waals surface area contributed by atoms with Crippen molar-refractivity contribution in [2.75, 3.05) is 18.3 Å². The number of benzene rings is 1. The highest BCUT2D eigenvalue weighted by Gasteiger charge is 2.01. The molecule has 68 valence electrons. The van der Waals surface area contributed by atoms with E-state index in [0.29, 0.717) is 10.9 Å². The first-order chi connectivity index (χ1) is 5.29. The van der Waals surface area contributed by atoms with Crippen LogP contribution in [0.5, 0.6) is 0 Å². The lowest BCUT2D eigenvalue weighted by molar-refractivity contribution is -0.00000239. The summed E-state index contributed by atoms with van der Waals surface area (Å²) in [7, 11) is 0.584. The van der Waals surface area contributed by atoms with E-state index in [1.165, 1.54) is 17.7 Å². The van der Waals surface area contributed by atoms with E-state index >= 15 is 0 Å². The summed E-state index contributed by atoms with van der Waals surface area (Å²) >= 11 is 0. The third kappa shape index (κ3) is 5.04. The number of hydrogen-bond acceptors (Lipinski definition) is 0.